The molecule has 0 spiro atoms. The average molecular weight is 327 g/mol. The molecule has 2 atom stereocenters. The third-order valence-electron chi connectivity index (χ3n) is 3.73. The van der Waals surface area contributed by atoms with E-state index in [9.17, 15) is 14.4 Å². The van der Waals surface area contributed by atoms with Gasteiger partial charge >= 0.3 is 0 Å². The maximum Gasteiger partial charge on any atom is 0.243 e. The number of benzene rings is 2. The van der Waals surface area contributed by atoms with Crippen LogP contribution in [0.4, 0.5) is 0 Å². The Morgan fingerprint density at radius 3 is 2.33 bits per heavy atom. The van der Waals surface area contributed by atoms with Gasteiger partial charge in [-0.25, -0.2) is 0 Å². The van der Waals surface area contributed by atoms with Gasteiger partial charge in [-0.2, -0.15) is 0 Å². The molecule has 6 heteroatoms. The Balaban J connectivity index is 2.18. The molecule has 6 nitrogen and oxygen atoms in total. The monoisotopic (exact) mass is 327 g/mol. The Labute approximate surface area is 140 Å². The van der Waals surface area contributed by atoms with E-state index in [1.54, 1.807) is 0 Å². The van der Waals surface area contributed by atoms with E-state index in [1.165, 1.54) is 13.8 Å². The summed E-state index contributed by atoms with van der Waals surface area (Å²) in [6.45, 7) is 2.85. The van der Waals surface area contributed by atoms with Crippen LogP contribution in [-0.4, -0.2) is 29.8 Å². The number of primary amides is 1. The summed E-state index contributed by atoms with van der Waals surface area (Å²) in [5.74, 6) is -1.39. The summed E-state index contributed by atoms with van der Waals surface area (Å²) >= 11 is 0. The number of hydrogen-bond acceptors (Lipinski definition) is 3. The Kier molecular flexibility index (Phi) is 5.52. The van der Waals surface area contributed by atoms with Crippen LogP contribution in [0, 0.1) is 0 Å². The highest BCUT2D eigenvalue weighted by Gasteiger charge is 2.23. The van der Waals surface area contributed by atoms with Crippen LogP contribution in [0.3, 0.4) is 0 Å². The molecule has 126 valence electrons. The number of nitrogens with two attached hydrogens (primary N) is 1. The molecular formula is C18H21N3O3. The third kappa shape index (κ3) is 4.55. The Hall–Kier alpha value is -2.89. The van der Waals surface area contributed by atoms with Gasteiger partial charge in [-0.3, -0.25) is 14.4 Å². The van der Waals surface area contributed by atoms with Crippen LogP contribution in [0.2, 0.25) is 0 Å². The molecule has 0 fully saturated rings. The molecule has 24 heavy (non-hydrogen) atoms. The van der Waals surface area contributed by atoms with Crippen LogP contribution in [0.5, 0.6) is 0 Å². The van der Waals surface area contributed by atoms with Gasteiger partial charge in [0, 0.05) is 13.3 Å². The molecule has 2 rings (SSSR count). The highest BCUT2D eigenvalue weighted by molar-refractivity contribution is 5.91. The molecule has 0 aromatic heterocycles. The van der Waals surface area contributed by atoms with Crippen molar-refractivity contribution in [1.82, 2.24) is 10.6 Å². The molecule has 0 bridgehead atoms. The molecule has 0 aliphatic carbocycles. The first kappa shape index (κ1) is 17.5. The van der Waals surface area contributed by atoms with E-state index < -0.39 is 23.9 Å². The molecule has 4 N–H and O–H groups in total. The van der Waals surface area contributed by atoms with E-state index in [2.05, 4.69) is 10.6 Å². The number of carbonyl (C=O) groups excluding carboxylic acids is 3. The normalized spacial score (nSPS) is 13.1. The second-order valence-electron chi connectivity index (χ2n) is 5.77. The minimum Gasteiger partial charge on any atom is -0.368 e. The molecule has 0 heterocycles. The van der Waals surface area contributed by atoms with Crippen molar-refractivity contribution >= 4 is 28.5 Å². The number of fused-ring (bicyclic) bond motifs is 1. The molecule has 2 aromatic rings. The molecule has 0 saturated carbocycles. The maximum absolute atomic E-state index is 12.3. The zero-order chi connectivity index (χ0) is 17.7. The fraction of sp³-hybridized carbons (Fsp3) is 0.278. The predicted molar refractivity (Wildman–Crippen MR) is 92.1 cm³/mol. The Morgan fingerprint density at radius 2 is 1.71 bits per heavy atom. The second kappa shape index (κ2) is 7.59. The lowest BCUT2D eigenvalue weighted by molar-refractivity contribution is -0.130. The van der Waals surface area contributed by atoms with Crippen LogP contribution in [0.15, 0.2) is 42.5 Å². The van der Waals surface area contributed by atoms with Gasteiger partial charge in [-0.15, -0.1) is 0 Å². The van der Waals surface area contributed by atoms with Crippen LogP contribution >= 0.6 is 0 Å². The lowest BCUT2D eigenvalue weighted by Gasteiger charge is -2.20. The molecule has 0 saturated heterocycles. The summed E-state index contributed by atoms with van der Waals surface area (Å²) < 4.78 is 0. The van der Waals surface area contributed by atoms with Gasteiger partial charge in [-0.05, 0) is 23.3 Å². The highest BCUT2D eigenvalue weighted by atomic mass is 16.2. The quantitative estimate of drug-likeness (QED) is 0.734. The number of amides is 3. The number of carbonyl (C=O) groups is 3. The molecule has 2 aromatic carbocycles. The second-order valence-corrected chi connectivity index (χ2v) is 5.77. The minimum absolute atomic E-state index is 0.317. The zero-order valence-electron chi connectivity index (χ0n) is 13.7. The molecular weight excluding hydrogens is 306 g/mol. The summed E-state index contributed by atoms with van der Waals surface area (Å²) in [6, 6.07) is 12.2. The molecule has 0 unspecified atom stereocenters. The van der Waals surface area contributed by atoms with Gasteiger partial charge in [-0.1, -0.05) is 42.5 Å². The van der Waals surface area contributed by atoms with Crippen molar-refractivity contribution in [2.45, 2.75) is 32.4 Å². The summed E-state index contributed by atoms with van der Waals surface area (Å²) in [4.78, 5) is 34.8. The van der Waals surface area contributed by atoms with Gasteiger partial charge in [0.05, 0.1) is 0 Å². The van der Waals surface area contributed by atoms with E-state index in [-0.39, 0.29) is 5.91 Å². The minimum atomic E-state index is -0.801. The van der Waals surface area contributed by atoms with E-state index in [4.69, 9.17) is 5.73 Å². The SMILES string of the molecule is CC(=O)N[C@@H](Cc1ccc2ccccc2c1)C(=O)N[C@@H](C)C(N)=O. The van der Waals surface area contributed by atoms with E-state index >= 15 is 0 Å². The molecule has 0 aliphatic heterocycles. The van der Waals surface area contributed by atoms with Crippen molar-refractivity contribution in [3.8, 4) is 0 Å². The van der Waals surface area contributed by atoms with Gasteiger partial charge in [0.1, 0.15) is 12.1 Å². The van der Waals surface area contributed by atoms with Crippen molar-refractivity contribution in [1.29, 1.82) is 0 Å². The zero-order valence-corrected chi connectivity index (χ0v) is 13.7. The van der Waals surface area contributed by atoms with E-state index in [0.29, 0.717) is 6.42 Å². The molecule has 3 amide bonds. The van der Waals surface area contributed by atoms with Gasteiger partial charge in [0.2, 0.25) is 17.7 Å². The first-order chi connectivity index (χ1) is 11.4. The first-order valence-corrected chi connectivity index (χ1v) is 7.71. The van der Waals surface area contributed by atoms with Crippen molar-refractivity contribution in [2.24, 2.45) is 5.73 Å². The number of hydrogen-bond donors (Lipinski definition) is 3. The van der Waals surface area contributed by atoms with Crippen LogP contribution in [-0.2, 0) is 20.8 Å². The van der Waals surface area contributed by atoms with E-state index in [0.717, 1.165) is 16.3 Å². The summed E-state index contributed by atoms with van der Waals surface area (Å²) in [6.07, 6.45) is 0.321. The maximum atomic E-state index is 12.3. The van der Waals surface area contributed by atoms with Gasteiger partial charge in [0.25, 0.3) is 0 Å². The first-order valence-electron chi connectivity index (χ1n) is 7.71. The largest absolute Gasteiger partial charge is 0.368 e. The third-order valence-corrected chi connectivity index (χ3v) is 3.73. The van der Waals surface area contributed by atoms with Crippen molar-refractivity contribution in [2.75, 3.05) is 0 Å². The fourth-order valence-corrected chi connectivity index (χ4v) is 2.44. The Bertz CT molecular complexity index is 773. The smallest absolute Gasteiger partial charge is 0.243 e. The number of rotatable bonds is 6. The van der Waals surface area contributed by atoms with Crippen LogP contribution in [0.1, 0.15) is 19.4 Å². The van der Waals surface area contributed by atoms with Gasteiger partial charge in [0.15, 0.2) is 0 Å². The van der Waals surface area contributed by atoms with Crippen LogP contribution in [0.25, 0.3) is 10.8 Å². The summed E-state index contributed by atoms with van der Waals surface area (Å²) in [5, 5.41) is 7.29. The topological polar surface area (TPSA) is 101 Å². The van der Waals surface area contributed by atoms with Crippen LogP contribution < -0.4 is 16.4 Å². The predicted octanol–water partition coefficient (Wildman–Crippen LogP) is 0.877. The average Bonchev–Trinajstić information content (AvgIpc) is 2.53. The van der Waals surface area contributed by atoms with Crippen molar-refractivity contribution in [3.63, 3.8) is 0 Å². The van der Waals surface area contributed by atoms with Crippen molar-refractivity contribution in [3.05, 3.63) is 48.0 Å². The van der Waals surface area contributed by atoms with Gasteiger partial charge < -0.3 is 16.4 Å². The lowest BCUT2D eigenvalue weighted by atomic mass is 10.0. The molecule has 0 radical (unpaired) electrons. The summed E-state index contributed by atoms with van der Waals surface area (Å²) in [5.41, 5.74) is 6.07. The van der Waals surface area contributed by atoms with E-state index in [1.807, 2.05) is 42.5 Å². The standard InChI is InChI=1S/C18H21N3O3/c1-11(17(19)23)20-18(24)16(21-12(2)22)10-13-7-8-14-5-3-4-6-15(14)9-13/h3-9,11,16H,10H2,1-2H3,(H2,19,23)(H,20,24)(H,21,22)/t11-,16-/m0/s1. The van der Waals surface area contributed by atoms with Crippen molar-refractivity contribution < 1.29 is 14.4 Å². The highest BCUT2D eigenvalue weighted by Crippen LogP contribution is 2.16. The fourth-order valence-electron chi connectivity index (χ4n) is 2.44. The molecule has 0 aliphatic rings. The lowest BCUT2D eigenvalue weighted by Crippen LogP contribution is -2.52. The summed E-state index contributed by atoms with van der Waals surface area (Å²) in [7, 11) is 0. The number of nitrogens with one attached hydrogen (secondary N) is 2. The Morgan fingerprint density at radius 1 is 1.04 bits per heavy atom.